The van der Waals surface area contributed by atoms with E-state index < -0.39 is 0 Å². The fourth-order valence-corrected chi connectivity index (χ4v) is 4.97. The summed E-state index contributed by atoms with van der Waals surface area (Å²) in [6.07, 6.45) is 9.62. The van der Waals surface area contributed by atoms with E-state index in [1.54, 1.807) is 11.6 Å². The van der Waals surface area contributed by atoms with Gasteiger partial charge in [-0.2, -0.15) is 5.10 Å². The van der Waals surface area contributed by atoms with E-state index in [9.17, 15) is 9.59 Å². The lowest BCUT2D eigenvalue weighted by atomic mass is 9.94. The Morgan fingerprint density at radius 1 is 1.26 bits per heavy atom. The van der Waals surface area contributed by atoms with Crippen molar-refractivity contribution in [3.8, 4) is 0 Å². The predicted molar refractivity (Wildman–Crippen MR) is 98.0 cm³/mol. The number of carbonyl (C=O) groups excluding carboxylic acids is 1. The summed E-state index contributed by atoms with van der Waals surface area (Å²) in [7, 11) is 1.73. The molecule has 0 aromatic carbocycles. The number of carbonyl (C=O) groups is 1. The fourth-order valence-electron chi connectivity index (χ4n) is 4.97. The Balaban J connectivity index is 1.42. The topological polar surface area (TPSA) is 88.8 Å². The first-order valence-corrected chi connectivity index (χ1v) is 10.1. The summed E-state index contributed by atoms with van der Waals surface area (Å²) in [6.45, 7) is 1.07. The molecule has 1 aliphatic heterocycles. The molecule has 2 unspecified atom stereocenters. The lowest BCUT2D eigenvalue weighted by Gasteiger charge is -2.28. The number of aromatic nitrogens is 5. The van der Waals surface area contributed by atoms with Crippen molar-refractivity contribution in [2.45, 2.75) is 57.5 Å². The van der Waals surface area contributed by atoms with Crippen molar-refractivity contribution in [3.63, 3.8) is 0 Å². The van der Waals surface area contributed by atoms with Gasteiger partial charge >= 0.3 is 5.69 Å². The molecule has 1 amide bonds. The predicted octanol–water partition coefficient (Wildman–Crippen LogP) is 1.18. The summed E-state index contributed by atoms with van der Waals surface area (Å²) in [4.78, 5) is 31.6. The maximum atomic E-state index is 13.2. The van der Waals surface area contributed by atoms with E-state index in [1.807, 2.05) is 15.8 Å². The fraction of sp³-hybridized carbons (Fsp3) is 0.684. The maximum absolute atomic E-state index is 13.2. The standard InChI is InChI=1S/C19H26N6O2/c1-23-18(21-22-19(23)27)17-13(12-6-7-12)8-9-25(17)16(26)10-24-11-20-14-4-2-3-5-15(14)24/h11-13,17H,2-10H2,1H3,(H,22,27). The second kappa shape index (κ2) is 6.35. The van der Waals surface area contributed by atoms with Crippen LogP contribution in [0.3, 0.4) is 0 Å². The minimum atomic E-state index is -0.220. The summed E-state index contributed by atoms with van der Waals surface area (Å²) < 4.78 is 3.59. The van der Waals surface area contributed by atoms with Crippen molar-refractivity contribution in [2.75, 3.05) is 6.54 Å². The average molecular weight is 370 g/mol. The molecule has 27 heavy (non-hydrogen) atoms. The molecular weight excluding hydrogens is 344 g/mol. The van der Waals surface area contributed by atoms with E-state index in [4.69, 9.17) is 0 Å². The number of hydrogen-bond acceptors (Lipinski definition) is 4. The number of aromatic amines is 1. The number of H-pyrrole nitrogens is 1. The van der Waals surface area contributed by atoms with Gasteiger partial charge in [-0.1, -0.05) is 0 Å². The van der Waals surface area contributed by atoms with Gasteiger partial charge in [0.15, 0.2) is 5.82 Å². The Labute approximate surface area is 157 Å². The van der Waals surface area contributed by atoms with Crippen LogP contribution in [0.4, 0.5) is 0 Å². The van der Waals surface area contributed by atoms with E-state index in [1.165, 1.54) is 31.4 Å². The Morgan fingerprint density at radius 3 is 2.81 bits per heavy atom. The highest BCUT2D eigenvalue weighted by atomic mass is 16.2. The third kappa shape index (κ3) is 2.82. The van der Waals surface area contributed by atoms with E-state index in [0.29, 0.717) is 24.2 Å². The zero-order chi connectivity index (χ0) is 18.5. The van der Waals surface area contributed by atoms with Crippen LogP contribution >= 0.6 is 0 Å². The van der Waals surface area contributed by atoms with Gasteiger partial charge in [0.05, 0.1) is 18.1 Å². The number of fused-ring (bicyclic) bond motifs is 1. The van der Waals surface area contributed by atoms with Gasteiger partial charge in [0.2, 0.25) is 5.91 Å². The first-order chi connectivity index (χ1) is 13.1. The van der Waals surface area contributed by atoms with E-state index in [-0.39, 0.29) is 17.6 Å². The first-order valence-electron chi connectivity index (χ1n) is 10.1. The molecule has 2 aromatic rings. The molecular formula is C19H26N6O2. The minimum Gasteiger partial charge on any atom is -0.331 e. The molecule has 144 valence electrons. The smallest absolute Gasteiger partial charge is 0.331 e. The van der Waals surface area contributed by atoms with Gasteiger partial charge in [-0.3, -0.25) is 9.36 Å². The molecule has 2 aliphatic carbocycles. The molecule has 0 spiro atoms. The molecule has 2 fully saturated rings. The second-order valence-corrected chi connectivity index (χ2v) is 8.24. The Hall–Kier alpha value is -2.38. The molecule has 2 atom stereocenters. The largest absolute Gasteiger partial charge is 0.343 e. The quantitative estimate of drug-likeness (QED) is 0.875. The van der Waals surface area contributed by atoms with Gasteiger partial charge in [0.1, 0.15) is 6.54 Å². The Kier molecular flexibility index (Phi) is 3.94. The zero-order valence-corrected chi connectivity index (χ0v) is 15.7. The van der Waals surface area contributed by atoms with E-state index in [0.717, 1.165) is 31.5 Å². The molecule has 3 aliphatic rings. The number of aryl methyl sites for hydroxylation is 1. The number of rotatable bonds is 4. The van der Waals surface area contributed by atoms with Crippen molar-refractivity contribution < 1.29 is 4.79 Å². The number of amides is 1. The second-order valence-electron chi connectivity index (χ2n) is 8.24. The summed E-state index contributed by atoms with van der Waals surface area (Å²) in [5, 5.41) is 6.81. The van der Waals surface area contributed by atoms with Gasteiger partial charge in [0.25, 0.3) is 0 Å². The molecule has 8 nitrogen and oxygen atoms in total. The molecule has 0 bridgehead atoms. The highest BCUT2D eigenvalue weighted by Gasteiger charge is 2.47. The molecule has 8 heteroatoms. The van der Waals surface area contributed by atoms with Gasteiger partial charge in [-0.05, 0) is 56.8 Å². The number of nitrogens with zero attached hydrogens (tertiary/aromatic N) is 5. The molecule has 1 saturated heterocycles. The SMILES string of the molecule is Cn1c(C2C(C3CC3)CCN2C(=O)Cn2cnc3c2CCCC3)n[nH]c1=O. The molecule has 0 radical (unpaired) electrons. The normalized spacial score (nSPS) is 25.0. The third-order valence-corrected chi connectivity index (χ3v) is 6.59. The summed E-state index contributed by atoms with van der Waals surface area (Å²) >= 11 is 0. The lowest BCUT2D eigenvalue weighted by Crippen LogP contribution is -2.37. The maximum Gasteiger partial charge on any atom is 0.343 e. The van der Waals surface area contributed by atoms with Crippen molar-refractivity contribution in [2.24, 2.45) is 18.9 Å². The number of likely N-dealkylation sites (tertiary alicyclic amines) is 1. The number of nitrogens with one attached hydrogen (secondary N) is 1. The molecule has 1 saturated carbocycles. The van der Waals surface area contributed by atoms with Gasteiger partial charge in [0, 0.05) is 19.3 Å². The first kappa shape index (κ1) is 16.8. The van der Waals surface area contributed by atoms with Crippen molar-refractivity contribution in [3.05, 3.63) is 34.0 Å². The van der Waals surface area contributed by atoms with Crippen LogP contribution in [0, 0.1) is 11.8 Å². The van der Waals surface area contributed by atoms with Crippen molar-refractivity contribution in [1.82, 2.24) is 29.2 Å². The van der Waals surface area contributed by atoms with Crippen LogP contribution in [0.15, 0.2) is 11.1 Å². The third-order valence-electron chi connectivity index (χ3n) is 6.59. The van der Waals surface area contributed by atoms with Gasteiger partial charge in [-0.15, -0.1) is 0 Å². The van der Waals surface area contributed by atoms with Crippen molar-refractivity contribution >= 4 is 5.91 Å². The van der Waals surface area contributed by atoms with Crippen LogP contribution in [-0.4, -0.2) is 41.7 Å². The van der Waals surface area contributed by atoms with Crippen LogP contribution in [0.5, 0.6) is 0 Å². The summed E-state index contributed by atoms with van der Waals surface area (Å²) in [6, 6.07) is -0.103. The highest BCUT2D eigenvalue weighted by Crippen LogP contribution is 2.49. The monoisotopic (exact) mass is 370 g/mol. The van der Waals surface area contributed by atoms with Crippen LogP contribution in [-0.2, 0) is 31.2 Å². The minimum absolute atomic E-state index is 0.101. The average Bonchev–Trinajstić information content (AvgIpc) is 3.17. The summed E-state index contributed by atoms with van der Waals surface area (Å²) in [5.74, 6) is 1.85. The van der Waals surface area contributed by atoms with E-state index in [2.05, 4.69) is 15.2 Å². The molecule has 2 aromatic heterocycles. The zero-order valence-electron chi connectivity index (χ0n) is 15.7. The van der Waals surface area contributed by atoms with Crippen molar-refractivity contribution in [1.29, 1.82) is 0 Å². The number of hydrogen-bond donors (Lipinski definition) is 1. The van der Waals surface area contributed by atoms with E-state index >= 15 is 0 Å². The molecule has 3 heterocycles. The molecule has 1 N–H and O–H groups in total. The van der Waals surface area contributed by atoms with Gasteiger partial charge in [-0.25, -0.2) is 14.9 Å². The Bertz CT molecular complexity index is 921. The number of imidazole rings is 1. The van der Waals surface area contributed by atoms with Crippen LogP contribution in [0.25, 0.3) is 0 Å². The highest BCUT2D eigenvalue weighted by molar-refractivity contribution is 5.77. The van der Waals surface area contributed by atoms with Crippen LogP contribution in [0.1, 0.15) is 55.4 Å². The molecule has 5 rings (SSSR count). The van der Waals surface area contributed by atoms with Crippen LogP contribution < -0.4 is 5.69 Å². The lowest BCUT2D eigenvalue weighted by molar-refractivity contribution is -0.133. The Morgan fingerprint density at radius 2 is 2.07 bits per heavy atom. The van der Waals surface area contributed by atoms with Crippen LogP contribution in [0.2, 0.25) is 0 Å². The summed E-state index contributed by atoms with van der Waals surface area (Å²) in [5.41, 5.74) is 2.15. The van der Waals surface area contributed by atoms with Gasteiger partial charge < -0.3 is 9.47 Å².